The van der Waals surface area contributed by atoms with Crippen LogP contribution in [0.4, 0.5) is 0 Å². The van der Waals surface area contributed by atoms with Gasteiger partial charge in [-0.25, -0.2) is 9.67 Å². The summed E-state index contributed by atoms with van der Waals surface area (Å²) < 4.78 is 17.7. The Morgan fingerprint density at radius 2 is 2.16 bits per heavy atom. The smallest absolute Gasteiger partial charge is 0.228 e. The van der Waals surface area contributed by atoms with Crippen LogP contribution in [0.15, 0.2) is 11.4 Å². The minimum Gasteiger partial charge on any atom is -0.480 e. The molecule has 1 saturated heterocycles. The highest BCUT2D eigenvalue weighted by molar-refractivity contribution is 7.98. The van der Waals surface area contributed by atoms with Crippen molar-refractivity contribution < 1.29 is 29.5 Å². The van der Waals surface area contributed by atoms with Gasteiger partial charge in [-0.05, 0) is 6.26 Å². The van der Waals surface area contributed by atoms with Crippen LogP contribution in [0, 0.1) is 0 Å². The third-order valence-corrected chi connectivity index (χ3v) is 4.65. The first kappa shape index (κ1) is 18.3. The molecule has 1 fully saturated rings. The zero-order chi connectivity index (χ0) is 18.1. The van der Waals surface area contributed by atoms with E-state index in [1.807, 2.05) is 6.26 Å². The fourth-order valence-corrected chi connectivity index (χ4v) is 3.23. The summed E-state index contributed by atoms with van der Waals surface area (Å²) in [6.45, 7) is -0.517. The van der Waals surface area contributed by atoms with Crippen LogP contribution in [0.25, 0.3) is 11.0 Å². The predicted molar refractivity (Wildman–Crippen MR) is 87.5 cm³/mol. The lowest BCUT2D eigenvalue weighted by Gasteiger charge is -2.21. The molecule has 138 valence electrons. The van der Waals surface area contributed by atoms with Crippen LogP contribution < -0.4 is 4.74 Å². The van der Waals surface area contributed by atoms with Crippen molar-refractivity contribution in [2.24, 2.45) is 0 Å². The molecule has 0 radical (unpaired) electrons. The topological polar surface area (TPSA) is 132 Å². The third-order valence-electron chi connectivity index (χ3n) is 4.10. The van der Waals surface area contributed by atoms with Crippen molar-refractivity contribution in [3.8, 4) is 5.88 Å². The van der Waals surface area contributed by atoms with Gasteiger partial charge < -0.3 is 29.5 Å². The van der Waals surface area contributed by atoms with Crippen LogP contribution >= 0.6 is 11.8 Å². The molecule has 3 rings (SSSR count). The van der Waals surface area contributed by atoms with Crippen molar-refractivity contribution in [1.82, 2.24) is 19.7 Å². The van der Waals surface area contributed by atoms with Crippen LogP contribution in [-0.2, 0) is 9.47 Å². The van der Waals surface area contributed by atoms with Gasteiger partial charge in [0.15, 0.2) is 17.0 Å². The molecule has 0 amide bonds. The molecule has 5 atom stereocenters. The number of aromatic nitrogens is 4. The van der Waals surface area contributed by atoms with Crippen molar-refractivity contribution in [2.45, 2.75) is 35.8 Å². The average molecular weight is 372 g/mol. The molecular formula is C14H20N4O6S. The molecule has 25 heavy (non-hydrogen) atoms. The van der Waals surface area contributed by atoms with Crippen molar-refractivity contribution in [2.75, 3.05) is 27.1 Å². The van der Waals surface area contributed by atoms with Crippen LogP contribution in [0.1, 0.15) is 6.23 Å². The predicted octanol–water partition coefficient (Wildman–Crippen LogP) is -0.817. The number of methoxy groups -OCH3 is 2. The maximum Gasteiger partial charge on any atom is 0.228 e. The maximum absolute atomic E-state index is 10.6. The number of thioether (sulfide) groups is 1. The Labute approximate surface area is 147 Å². The number of aliphatic hydroxyl groups is 3. The van der Waals surface area contributed by atoms with Gasteiger partial charge in [0.1, 0.15) is 29.8 Å². The lowest BCUT2D eigenvalue weighted by atomic mass is 10.1. The number of nitrogens with zero attached hydrogens (tertiary/aromatic N) is 4. The molecule has 2 aromatic heterocycles. The molecule has 0 unspecified atom stereocenters. The molecule has 0 bridgehead atoms. The Bertz CT molecular complexity index is 743. The Hall–Kier alpha value is -1.50. The van der Waals surface area contributed by atoms with Gasteiger partial charge in [0.25, 0.3) is 0 Å². The lowest BCUT2D eigenvalue weighted by Crippen LogP contribution is -2.41. The summed E-state index contributed by atoms with van der Waals surface area (Å²) in [5.41, 5.74) is 0.425. The van der Waals surface area contributed by atoms with E-state index >= 15 is 0 Å². The number of fused-ring (bicyclic) bond motifs is 1. The SMILES string of the molecule is COc1nc(SC)nc2c1cnn2[C@H]1O[C@@H]([C@H](O)CO)[C@@H](OC)[C@@H]1O. The first-order chi connectivity index (χ1) is 12.0. The number of aliphatic hydroxyl groups excluding tert-OH is 3. The molecule has 1 aliphatic rings. The Morgan fingerprint density at radius 3 is 2.76 bits per heavy atom. The number of hydrogen-bond acceptors (Lipinski definition) is 10. The number of rotatable bonds is 6. The second-order valence-corrected chi connectivity index (χ2v) is 6.25. The first-order valence-corrected chi connectivity index (χ1v) is 8.76. The van der Waals surface area contributed by atoms with E-state index in [1.54, 1.807) is 0 Å². The molecule has 3 N–H and O–H groups in total. The minimum absolute atomic E-state index is 0.364. The van der Waals surface area contributed by atoms with E-state index in [0.717, 1.165) is 0 Å². The Kier molecular flexibility index (Phi) is 5.41. The highest BCUT2D eigenvalue weighted by Crippen LogP contribution is 2.35. The summed E-state index contributed by atoms with van der Waals surface area (Å²) in [5.74, 6) is 0.364. The van der Waals surface area contributed by atoms with Gasteiger partial charge in [-0.2, -0.15) is 10.1 Å². The monoisotopic (exact) mass is 372 g/mol. The van der Waals surface area contributed by atoms with Gasteiger partial charge in [0.05, 0.1) is 19.9 Å². The summed E-state index contributed by atoms with van der Waals surface area (Å²) in [7, 11) is 2.90. The average Bonchev–Trinajstić information content (AvgIpc) is 3.20. The van der Waals surface area contributed by atoms with Gasteiger partial charge >= 0.3 is 0 Å². The number of hydrogen-bond donors (Lipinski definition) is 3. The zero-order valence-corrected chi connectivity index (χ0v) is 14.8. The molecule has 3 heterocycles. The van der Waals surface area contributed by atoms with Crippen LogP contribution in [0.5, 0.6) is 5.88 Å². The second kappa shape index (κ2) is 7.40. The van der Waals surface area contributed by atoms with E-state index in [9.17, 15) is 15.3 Å². The van der Waals surface area contributed by atoms with Crippen LogP contribution in [0.3, 0.4) is 0 Å². The standard InChI is InChI=1S/C14H20N4O6S/c1-22-10-8(21)13(24-9(10)7(20)5-19)18-11-6(4-15-18)12(23-2)17-14(16-11)25-3/h4,7-10,13,19-21H,5H2,1-3H3/t7-,8+,9+,10+,13+/m1/s1. The maximum atomic E-state index is 10.6. The molecule has 0 spiro atoms. The molecule has 11 heteroatoms. The van der Waals surface area contributed by atoms with E-state index in [-0.39, 0.29) is 0 Å². The summed E-state index contributed by atoms with van der Waals surface area (Å²) in [6.07, 6.45) is -1.63. The molecule has 0 saturated carbocycles. The van der Waals surface area contributed by atoms with Crippen molar-refractivity contribution in [1.29, 1.82) is 0 Å². The summed E-state index contributed by atoms with van der Waals surface area (Å²) in [4.78, 5) is 8.67. The highest BCUT2D eigenvalue weighted by atomic mass is 32.2. The molecular weight excluding hydrogens is 352 g/mol. The normalized spacial score (nSPS) is 27.8. The van der Waals surface area contributed by atoms with E-state index in [2.05, 4.69) is 15.1 Å². The van der Waals surface area contributed by atoms with E-state index in [0.29, 0.717) is 22.1 Å². The summed E-state index contributed by atoms with van der Waals surface area (Å²) in [6, 6.07) is 0. The first-order valence-electron chi connectivity index (χ1n) is 7.54. The largest absolute Gasteiger partial charge is 0.480 e. The van der Waals surface area contributed by atoms with Crippen molar-refractivity contribution >= 4 is 22.8 Å². The van der Waals surface area contributed by atoms with E-state index in [1.165, 1.54) is 36.9 Å². The molecule has 1 aliphatic heterocycles. The fourth-order valence-electron chi connectivity index (χ4n) is 2.88. The third kappa shape index (κ3) is 3.07. The summed E-state index contributed by atoms with van der Waals surface area (Å²) >= 11 is 1.34. The molecule has 2 aromatic rings. The summed E-state index contributed by atoms with van der Waals surface area (Å²) in [5, 5.41) is 35.0. The molecule has 0 aliphatic carbocycles. The Balaban J connectivity index is 2.04. The van der Waals surface area contributed by atoms with Crippen molar-refractivity contribution in [3.63, 3.8) is 0 Å². The van der Waals surface area contributed by atoms with Gasteiger partial charge in [-0.3, -0.25) is 0 Å². The molecule has 0 aromatic carbocycles. The van der Waals surface area contributed by atoms with E-state index in [4.69, 9.17) is 14.2 Å². The minimum atomic E-state index is -1.20. The lowest BCUT2D eigenvalue weighted by molar-refractivity contribution is -0.103. The fraction of sp³-hybridized carbons (Fsp3) is 0.643. The van der Waals surface area contributed by atoms with Gasteiger partial charge in [0.2, 0.25) is 5.88 Å². The Morgan fingerprint density at radius 1 is 1.40 bits per heavy atom. The van der Waals surface area contributed by atoms with Crippen molar-refractivity contribution in [3.05, 3.63) is 6.20 Å². The van der Waals surface area contributed by atoms with Crippen LogP contribution in [-0.4, -0.2) is 86.6 Å². The second-order valence-electron chi connectivity index (χ2n) is 5.48. The van der Waals surface area contributed by atoms with Gasteiger partial charge in [0, 0.05) is 7.11 Å². The van der Waals surface area contributed by atoms with Gasteiger partial charge in [-0.15, -0.1) is 0 Å². The zero-order valence-electron chi connectivity index (χ0n) is 13.9. The molecule has 10 nitrogen and oxygen atoms in total. The van der Waals surface area contributed by atoms with Gasteiger partial charge in [-0.1, -0.05) is 11.8 Å². The highest BCUT2D eigenvalue weighted by Gasteiger charge is 2.48. The quantitative estimate of drug-likeness (QED) is 0.436. The van der Waals surface area contributed by atoms with Crippen LogP contribution in [0.2, 0.25) is 0 Å². The number of ether oxygens (including phenoxy) is 3. The van der Waals surface area contributed by atoms with E-state index < -0.39 is 37.3 Å².